The molecule has 19 heavy (non-hydrogen) atoms. The Kier molecular flexibility index (Phi) is 3.76. The van der Waals surface area contributed by atoms with Crippen molar-refractivity contribution >= 4 is 5.69 Å². The molecular formula is C16H25N3. The maximum absolute atomic E-state index is 3.32. The van der Waals surface area contributed by atoms with Gasteiger partial charge in [0.25, 0.3) is 0 Å². The van der Waals surface area contributed by atoms with Gasteiger partial charge in [0.2, 0.25) is 0 Å². The van der Waals surface area contributed by atoms with E-state index in [1.807, 2.05) is 0 Å². The zero-order valence-corrected chi connectivity index (χ0v) is 12.2. The van der Waals surface area contributed by atoms with Crippen LogP contribution in [0.4, 0.5) is 5.69 Å². The summed E-state index contributed by atoms with van der Waals surface area (Å²) >= 11 is 0. The summed E-state index contributed by atoms with van der Waals surface area (Å²) in [5, 5.41) is 3.32. The molecule has 1 unspecified atom stereocenters. The smallest absolute Gasteiger partial charge is 0.0397 e. The molecule has 1 saturated heterocycles. The first-order chi connectivity index (χ1) is 9.28. The van der Waals surface area contributed by atoms with Crippen molar-refractivity contribution in [2.75, 3.05) is 38.6 Å². The zero-order valence-electron chi connectivity index (χ0n) is 12.2. The Bertz CT molecular complexity index is 444. The minimum Gasteiger partial charge on any atom is -0.374 e. The standard InChI is InChI=1S/C16H25N3/c1-17-11-15-4-3-8-19(15)12-13-5-6-16-14(10-13)7-9-18(16)2/h5-6,10,15,17H,3-4,7-9,11-12H2,1-2H3. The number of rotatable bonds is 4. The van der Waals surface area contributed by atoms with Crippen LogP contribution in [-0.4, -0.2) is 44.7 Å². The number of hydrogen-bond acceptors (Lipinski definition) is 3. The van der Waals surface area contributed by atoms with Crippen LogP contribution in [0, 0.1) is 0 Å². The molecule has 3 rings (SSSR count). The number of nitrogens with one attached hydrogen (secondary N) is 1. The van der Waals surface area contributed by atoms with E-state index >= 15 is 0 Å². The Hall–Kier alpha value is -1.06. The molecule has 1 aromatic carbocycles. The fourth-order valence-electron chi connectivity index (χ4n) is 3.52. The lowest BCUT2D eigenvalue weighted by atomic mass is 10.1. The lowest BCUT2D eigenvalue weighted by Crippen LogP contribution is -2.36. The molecule has 0 radical (unpaired) electrons. The maximum atomic E-state index is 3.32. The van der Waals surface area contributed by atoms with Gasteiger partial charge < -0.3 is 10.2 Å². The van der Waals surface area contributed by atoms with Crippen LogP contribution in [0.2, 0.25) is 0 Å². The first-order valence-corrected chi connectivity index (χ1v) is 7.49. The van der Waals surface area contributed by atoms with Crippen molar-refractivity contribution in [3.8, 4) is 0 Å². The highest BCUT2D eigenvalue weighted by Gasteiger charge is 2.24. The minimum atomic E-state index is 0.723. The predicted molar refractivity (Wildman–Crippen MR) is 80.8 cm³/mol. The first kappa shape index (κ1) is 12.9. The number of benzene rings is 1. The van der Waals surface area contributed by atoms with Gasteiger partial charge in [-0.3, -0.25) is 4.90 Å². The topological polar surface area (TPSA) is 18.5 Å². The second-order valence-corrected chi connectivity index (χ2v) is 5.96. The Labute approximate surface area is 116 Å². The van der Waals surface area contributed by atoms with E-state index in [0.717, 1.165) is 19.1 Å². The molecule has 0 aliphatic carbocycles. The van der Waals surface area contributed by atoms with Crippen molar-refractivity contribution in [1.82, 2.24) is 10.2 Å². The zero-order chi connectivity index (χ0) is 13.2. The van der Waals surface area contributed by atoms with Crippen molar-refractivity contribution in [2.45, 2.75) is 31.8 Å². The third-order valence-corrected chi connectivity index (χ3v) is 4.60. The van der Waals surface area contributed by atoms with E-state index in [0.29, 0.717) is 0 Å². The number of likely N-dealkylation sites (tertiary alicyclic amines) is 1. The molecule has 2 aliphatic heterocycles. The summed E-state index contributed by atoms with van der Waals surface area (Å²) in [6.45, 7) is 4.66. The molecule has 0 saturated carbocycles. The van der Waals surface area contributed by atoms with Gasteiger partial charge in [-0.15, -0.1) is 0 Å². The van der Waals surface area contributed by atoms with Crippen molar-refractivity contribution in [3.05, 3.63) is 29.3 Å². The van der Waals surface area contributed by atoms with E-state index in [-0.39, 0.29) is 0 Å². The monoisotopic (exact) mass is 259 g/mol. The molecule has 1 fully saturated rings. The van der Waals surface area contributed by atoms with E-state index in [9.17, 15) is 0 Å². The van der Waals surface area contributed by atoms with E-state index < -0.39 is 0 Å². The molecule has 0 spiro atoms. The van der Waals surface area contributed by atoms with Gasteiger partial charge in [0.05, 0.1) is 0 Å². The number of nitrogens with zero attached hydrogens (tertiary/aromatic N) is 2. The summed E-state index contributed by atoms with van der Waals surface area (Å²) in [4.78, 5) is 5.00. The highest BCUT2D eigenvalue weighted by molar-refractivity contribution is 5.58. The average Bonchev–Trinajstić information content (AvgIpc) is 2.98. The third-order valence-electron chi connectivity index (χ3n) is 4.60. The van der Waals surface area contributed by atoms with Crippen molar-refractivity contribution in [3.63, 3.8) is 0 Å². The minimum absolute atomic E-state index is 0.723. The van der Waals surface area contributed by atoms with E-state index in [1.165, 1.54) is 49.2 Å². The summed E-state index contributed by atoms with van der Waals surface area (Å²) in [5.74, 6) is 0. The quantitative estimate of drug-likeness (QED) is 0.890. The summed E-state index contributed by atoms with van der Waals surface area (Å²) in [6.07, 6.45) is 3.90. The van der Waals surface area contributed by atoms with Crippen LogP contribution in [0.25, 0.3) is 0 Å². The van der Waals surface area contributed by atoms with Gasteiger partial charge in [-0.05, 0) is 50.0 Å². The third kappa shape index (κ3) is 2.63. The molecule has 1 atom stereocenters. The summed E-state index contributed by atoms with van der Waals surface area (Å²) in [6, 6.07) is 7.77. The van der Waals surface area contributed by atoms with Crippen LogP contribution in [0.15, 0.2) is 18.2 Å². The Morgan fingerprint density at radius 1 is 1.32 bits per heavy atom. The largest absolute Gasteiger partial charge is 0.374 e. The predicted octanol–water partition coefficient (Wildman–Crippen LogP) is 1.86. The van der Waals surface area contributed by atoms with Crippen LogP contribution < -0.4 is 10.2 Å². The van der Waals surface area contributed by atoms with Crippen molar-refractivity contribution in [1.29, 1.82) is 0 Å². The summed E-state index contributed by atoms with van der Waals surface area (Å²) < 4.78 is 0. The van der Waals surface area contributed by atoms with E-state index in [2.05, 4.69) is 47.4 Å². The maximum Gasteiger partial charge on any atom is 0.0397 e. The molecule has 104 valence electrons. The lowest BCUT2D eigenvalue weighted by Gasteiger charge is -2.24. The Balaban J connectivity index is 1.70. The fourth-order valence-corrected chi connectivity index (χ4v) is 3.52. The van der Waals surface area contributed by atoms with E-state index in [1.54, 1.807) is 0 Å². The number of hydrogen-bond donors (Lipinski definition) is 1. The average molecular weight is 259 g/mol. The number of fused-ring (bicyclic) bond motifs is 1. The van der Waals surface area contributed by atoms with Crippen molar-refractivity contribution < 1.29 is 0 Å². The van der Waals surface area contributed by atoms with Gasteiger partial charge in [0.1, 0.15) is 0 Å². The molecule has 0 amide bonds. The first-order valence-electron chi connectivity index (χ1n) is 7.49. The molecule has 2 heterocycles. The second kappa shape index (κ2) is 5.51. The second-order valence-electron chi connectivity index (χ2n) is 5.96. The highest BCUT2D eigenvalue weighted by Crippen LogP contribution is 2.28. The molecule has 1 N–H and O–H groups in total. The van der Waals surface area contributed by atoms with Gasteiger partial charge in [-0.1, -0.05) is 12.1 Å². The van der Waals surface area contributed by atoms with E-state index in [4.69, 9.17) is 0 Å². The SMILES string of the molecule is CNCC1CCCN1Cc1ccc2c(c1)CCN2C. The normalized spacial score (nSPS) is 23.1. The fraction of sp³-hybridized carbons (Fsp3) is 0.625. The van der Waals surface area contributed by atoms with Crippen LogP contribution in [0.1, 0.15) is 24.0 Å². The number of likely N-dealkylation sites (N-methyl/N-ethyl adjacent to an activating group) is 2. The highest BCUT2D eigenvalue weighted by atomic mass is 15.2. The van der Waals surface area contributed by atoms with Crippen LogP contribution in [0.5, 0.6) is 0 Å². The van der Waals surface area contributed by atoms with Gasteiger partial charge in [-0.2, -0.15) is 0 Å². The van der Waals surface area contributed by atoms with Gasteiger partial charge in [-0.25, -0.2) is 0 Å². The lowest BCUT2D eigenvalue weighted by molar-refractivity contribution is 0.242. The molecule has 1 aromatic rings. The molecule has 0 bridgehead atoms. The van der Waals surface area contributed by atoms with Crippen LogP contribution in [-0.2, 0) is 13.0 Å². The molecule has 2 aliphatic rings. The van der Waals surface area contributed by atoms with Crippen LogP contribution >= 0.6 is 0 Å². The Morgan fingerprint density at radius 2 is 2.21 bits per heavy atom. The molecule has 0 aromatic heterocycles. The van der Waals surface area contributed by atoms with Crippen LogP contribution in [0.3, 0.4) is 0 Å². The molecule has 3 nitrogen and oxygen atoms in total. The van der Waals surface area contributed by atoms with Gasteiger partial charge in [0, 0.05) is 38.4 Å². The summed E-state index contributed by atoms with van der Waals surface area (Å²) in [5.41, 5.74) is 4.44. The van der Waals surface area contributed by atoms with Crippen molar-refractivity contribution in [2.24, 2.45) is 0 Å². The van der Waals surface area contributed by atoms with Gasteiger partial charge >= 0.3 is 0 Å². The number of anilines is 1. The molecular weight excluding hydrogens is 234 g/mol. The summed E-state index contributed by atoms with van der Waals surface area (Å²) in [7, 11) is 4.25. The Morgan fingerprint density at radius 3 is 3.05 bits per heavy atom. The van der Waals surface area contributed by atoms with Gasteiger partial charge in [0.15, 0.2) is 0 Å². The molecule has 3 heteroatoms.